The summed E-state index contributed by atoms with van der Waals surface area (Å²) < 4.78 is 82.8. The highest BCUT2D eigenvalue weighted by Crippen LogP contribution is 2.38. The van der Waals surface area contributed by atoms with Gasteiger partial charge in [-0.3, -0.25) is 0 Å². The second-order valence-electron chi connectivity index (χ2n) is 8.01. The van der Waals surface area contributed by atoms with Crippen molar-refractivity contribution < 1.29 is 26.3 Å². The van der Waals surface area contributed by atoms with E-state index in [0.717, 1.165) is 22.4 Å². The molecule has 1 fully saturated rings. The third-order valence-electron chi connectivity index (χ3n) is 5.81. The molecule has 2 aromatic heterocycles. The Morgan fingerprint density at radius 1 is 0.914 bits per heavy atom. The third-order valence-corrected chi connectivity index (χ3v) is 6.43. The molecule has 1 aliphatic rings. The van der Waals surface area contributed by atoms with E-state index in [4.69, 9.17) is 0 Å². The number of nitrogens with one attached hydrogen (secondary N) is 1. The van der Waals surface area contributed by atoms with Gasteiger partial charge in [-0.15, -0.1) is 0 Å². The summed E-state index contributed by atoms with van der Waals surface area (Å²) in [6.07, 6.45) is -3.03. The summed E-state index contributed by atoms with van der Waals surface area (Å²) in [5.74, 6) is -3.59. The number of aromatic amines is 1. The Morgan fingerprint density at radius 3 is 2.20 bits per heavy atom. The topological polar surface area (TPSA) is 48.1 Å². The monoisotopic (exact) mass is 555 g/mol. The number of halogens is 7. The van der Waals surface area contributed by atoms with Crippen LogP contribution in [0.25, 0.3) is 22.2 Å². The van der Waals surface area contributed by atoms with Gasteiger partial charge in [0.2, 0.25) is 5.95 Å². The minimum absolute atomic E-state index is 0.0462. The normalized spacial score (nSPS) is 14.7. The maximum atomic E-state index is 13.9. The van der Waals surface area contributed by atoms with Crippen LogP contribution in [0.5, 0.6) is 0 Å². The fraction of sp³-hybridized carbons (Fsp3) is 0.217. The van der Waals surface area contributed by atoms with Gasteiger partial charge in [0, 0.05) is 37.9 Å². The van der Waals surface area contributed by atoms with Crippen LogP contribution >= 0.6 is 15.9 Å². The Morgan fingerprint density at radius 2 is 1.57 bits per heavy atom. The number of alkyl halides is 3. The van der Waals surface area contributed by atoms with E-state index in [1.807, 2.05) is 17.0 Å². The van der Waals surface area contributed by atoms with Gasteiger partial charge in [-0.1, -0.05) is 0 Å². The molecule has 1 aliphatic heterocycles. The molecule has 0 bridgehead atoms. The van der Waals surface area contributed by atoms with E-state index in [1.54, 1.807) is 6.20 Å². The van der Waals surface area contributed by atoms with Gasteiger partial charge < -0.3 is 14.8 Å². The van der Waals surface area contributed by atoms with Crippen LogP contribution < -0.4 is 9.80 Å². The largest absolute Gasteiger partial charge is 0.416 e. The summed E-state index contributed by atoms with van der Waals surface area (Å²) >= 11 is 3.48. The van der Waals surface area contributed by atoms with E-state index in [-0.39, 0.29) is 22.2 Å². The van der Waals surface area contributed by atoms with Crippen molar-refractivity contribution in [3.8, 4) is 11.1 Å². The van der Waals surface area contributed by atoms with Crippen molar-refractivity contribution in [3.05, 3.63) is 70.1 Å². The zero-order valence-electron chi connectivity index (χ0n) is 17.8. The highest BCUT2D eigenvalue weighted by atomic mass is 79.9. The molecule has 0 atom stereocenters. The number of H-pyrrole nitrogens is 1. The Balaban J connectivity index is 1.52. The van der Waals surface area contributed by atoms with Gasteiger partial charge in [0.15, 0.2) is 17.5 Å². The van der Waals surface area contributed by atoms with Crippen LogP contribution in [0, 0.1) is 17.5 Å². The number of nitrogens with zero attached hydrogens (tertiary/aromatic N) is 4. The van der Waals surface area contributed by atoms with Crippen molar-refractivity contribution in [1.82, 2.24) is 15.0 Å². The Labute approximate surface area is 203 Å². The third kappa shape index (κ3) is 4.42. The van der Waals surface area contributed by atoms with Gasteiger partial charge in [0.05, 0.1) is 21.1 Å². The minimum Gasteiger partial charge on any atom is -0.352 e. The van der Waals surface area contributed by atoms with E-state index >= 15 is 0 Å². The lowest BCUT2D eigenvalue weighted by Crippen LogP contribution is -2.47. The molecule has 12 heteroatoms. The first-order valence-electron chi connectivity index (χ1n) is 10.5. The molecule has 0 radical (unpaired) electrons. The van der Waals surface area contributed by atoms with E-state index < -0.39 is 29.2 Å². The number of fused-ring (bicyclic) bond motifs is 1. The molecule has 0 aliphatic carbocycles. The molecule has 0 saturated carbocycles. The number of benzene rings is 2. The van der Waals surface area contributed by atoms with Crippen LogP contribution in [0.3, 0.4) is 0 Å². The van der Waals surface area contributed by atoms with Gasteiger partial charge in [0.1, 0.15) is 5.82 Å². The summed E-state index contributed by atoms with van der Waals surface area (Å²) in [5, 5.41) is 0. The number of hydrogen-bond donors (Lipinski definition) is 1. The first-order valence-corrected chi connectivity index (χ1v) is 11.3. The lowest BCUT2D eigenvalue weighted by molar-refractivity contribution is -0.137. The van der Waals surface area contributed by atoms with Gasteiger partial charge in [-0.2, -0.15) is 13.2 Å². The van der Waals surface area contributed by atoms with Gasteiger partial charge in [0.25, 0.3) is 0 Å². The van der Waals surface area contributed by atoms with Crippen molar-refractivity contribution >= 4 is 38.7 Å². The van der Waals surface area contributed by atoms with E-state index in [2.05, 4.69) is 35.8 Å². The molecule has 4 aromatic rings. The number of imidazole rings is 1. The maximum Gasteiger partial charge on any atom is 0.416 e. The summed E-state index contributed by atoms with van der Waals surface area (Å²) in [5.41, 5.74) is -1.30. The van der Waals surface area contributed by atoms with E-state index in [9.17, 15) is 26.3 Å². The summed E-state index contributed by atoms with van der Waals surface area (Å²) in [6.45, 7) is 2.18. The number of aromatic nitrogens is 3. The highest BCUT2D eigenvalue weighted by molar-refractivity contribution is 9.10. The predicted octanol–water partition coefficient (Wildman–Crippen LogP) is 6.15. The fourth-order valence-corrected chi connectivity index (χ4v) is 4.59. The number of rotatable bonds is 3. The van der Waals surface area contributed by atoms with Gasteiger partial charge >= 0.3 is 6.18 Å². The fourth-order valence-electron chi connectivity index (χ4n) is 4.09. The number of anilines is 2. The van der Waals surface area contributed by atoms with Crippen molar-refractivity contribution in [3.63, 3.8) is 0 Å². The van der Waals surface area contributed by atoms with Crippen LogP contribution in [-0.2, 0) is 6.18 Å². The average molecular weight is 556 g/mol. The van der Waals surface area contributed by atoms with Crippen molar-refractivity contribution in [2.24, 2.45) is 0 Å². The zero-order chi connectivity index (χ0) is 24.9. The molecule has 0 amide bonds. The quantitative estimate of drug-likeness (QED) is 0.243. The van der Waals surface area contributed by atoms with Crippen LogP contribution in [0.1, 0.15) is 5.56 Å². The molecule has 5 rings (SSSR count). The summed E-state index contributed by atoms with van der Waals surface area (Å²) in [4.78, 5) is 15.7. The molecule has 1 N–H and O–H groups in total. The number of pyridine rings is 1. The highest BCUT2D eigenvalue weighted by Gasteiger charge is 2.33. The molecule has 2 aromatic carbocycles. The van der Waals surface area contributed by atoms with Crippen molar-refractivity contribution in [2.75, 3.05) is 36.0 Å². The average Bonchev–Trinajstić information content (AvgIpc) is 3.26. The SMILES string of the molecule is Fc1cc(-c2cc(C(F)(F)F)cc3[nH]c(N4CCN(c5ncccc5Br)CC4)nc23)cc(F)c1F. The molecule has 3 heterocycles. The summed E-state index contributed by atoms with van der Waals surface area (Å²) in [6, 6.07) is 6.66. The van der Waals surface area contributed by atoms with E-state index in [1.165, 1.54) is 0 Å². The molecule has 5 nitrogen and oxygen atoms in total. The molecule has 182 valence electrons. The van der Waals surface area contributed by atoms with Crippen LogP contribution in [-0.4, -0.2) is 41.1 Å². The molecular formula is C23H16BrF6N5. The van der Waals surface area contributed by atoms with Gasteiger partial charge in [-0.25, -0.2) is 23.1 Å². The smallest absolute Gasteiger partial charge is 0.352 e. The standard InChI is InChI=1S/C23H16BrF6N5/c24-15-2-1-3-31-21(15)34-4-6-35(7-5-34)22-32-18-11-13(23(28,29)30)10-14(20(18)33-22)12-8-16(25)19(27)17(26)9-12/h1-3,8-11H,4-7H2,(H,32,33). The lowest BCUT2D eigenvalue weighted by Gasteiger charge is -2.35. The first-order chi connectivity index (χ1) is 16.6. The predicted molar refractivity (Wildman–Crippen MR) is 123 cm³/mol. The Hall–Kier alpha value is -3.28. The second kappa shape index (κ2) is 8.74. The zero-order valence-corrected chi connectivity index (χ0v) is 19.4. The Kier molecular flexibility index (Phi) is 5.86. The first kappa shape index (κ1) is 23.5. The maximum absolute atomic E-state index is 13.9. The van der Waals surface area contributed by atoms with Crippen LogP contribution in [0.4, 0.5) is 38.1 Å². The van der Waals surface area contributed by atoms with Gasteiger partial charge in [-0.05, 0) is 57.9 Å². The number of hydrogen-bond acceptors (Lipinski definition) is 4. The van der Waals surface area contributed by atoms with Crippen LogP contribution in [0.2, 0.25) is 0 Å². The molecule has 0 unspecified atom stereocenters. The molecule has 1 saturated heterocycles. The number of piperazine rings is 1. The van der Waals surface area contributed by atoms with Crippen LogP contribution in [0.15, 0.2) is 47.1 Å². The molecule has 0 spiro atoms. The second-order valence-corrected chi connectivity index (χ2v) is 8.87. The lowest BCUT2D eigenvalue weighted by atomic mass is 10.0. The van der Waals surface area contributed by atoms with Crippen molar-refractivity contribution in [1.29, 1.82) is 0 Å². The van der Waals surface area contributed by atoms with E-state index in [0.29, 0.717) is 44.3 Å². The Bertz CT molecular complexity index is 1390. The summed E-state index contributed by atoms with van der Waals surface area (Å²) in [7, 11) is 0. The van der Waals surface area contributed by atoms with Crippen molar-refractivity contribution in [2.45, 2.75) is 6.18 Å². The molecular weight excluding hydrogens is 540 g/mol. The minimum atomic E-state index is -4.72. The molecule has 35 heavy (non-hydrogen) atoms.